The van der Waals surface area contributed by atoms with Crippen LogP contribution in [0.5, 0.6) is 0 Å². The number of benzene rings is 2. The van der Waals surface area contributed by atoms with Crippen molar-refractivity contribution in [3.63, 3.8) is 0 Å². The van der Waals surface area contributed by atoms with E-state index < -0.39 is 0 Å². The minimum absolute atomic E-state index is 0.177. The van der Waals surface area contributed by atoms with E-state index in [-0.39, 0.29) is 10.8 Å². The van der Waals surface area contributed by atoms with E-state index in [0.717, 1.165) is 6.42 Å². The van der Waals surface area contributed by atoms with Gasteiger partial charge in [-0.2, -0.15) is 0 Å². The summed E-state index contributed by atoms with van der Waals surface area (Å²) in [7, 11) is 0. The maximum atomic E-state index is 3.75. The number of hydrogen-bond acceptors (Lipinski definition) is 0. The Hall–Kier alpha value is -0.600. The Kier molecular flexibility index (Phi) is 5.48. The lowest BCUT2D eigenvalue weighted by Crippen LogP contribution is -2.11. The maximum absolute atomic E-state index is 3.75. The lowest BCUT2D eigenvalue weighted by atomic mass is 9.85. The van der Waals surface area contributed by atoms with Crippen LogP contribution in [0.4, 0.5) is 0 Å². The van der Waals surface area contributed by atoms with Crippen LogP contribution in [-0.4, -0.2) is 0 Å². The van der Waals surface area contributed by atoms with Crippen LogP contribution in [0.15, 0.2) is 45.3 Å². The Morgan fingerprint density at radius 3 is 1.26 bits per heavy atom. The van der Waals surface area contributed by atoms with Crippen LogP contribution in [0.25, 0.3) is 0 Å². The second-order valence-electron chi connectivity index (χ2n) is 8.29. The van der Waals surface area contributed by atoms with Gasteiger partial charge >= 0.3 is 0 Å². The predicted octanol–water partition coefficient (Wildman–Crippen LogP) is 7.40. The molecular weight excluding hydrogens is 412 g/mol. The number of halogens is 2. The third kappa shape index (κ3) is 4.70. The average Bonchev–Trinajstić information content (AvgIpc) is 2.40. The van der Waals surface area contributed by atoms with Gasteiger partial charge in [-0.1, -0.05) is 97.7 Å². The average molecular weight is 438 g/mol. The van der Waals surface area contributed by atoms with Crippen LogP contribution in [0, 0.1) is 0 Å². The fraction of sp³-hybridized carbons (Fsp3) is 0.429. The Balaban J connectivity index is 2.30. The third-order valence-corrected chi connectivity index (χ3v) is 5.70. The van der Waals surface area contributed by atoms with Crippen molar-refractivity contribution in [2.24, 2.45) is 0 Å². The van der Waals surface area contributed by atoms with Crippen molar-refractivity contribution in [3.8, 4) is 0 Å². The second-order valence-corrected chi connectivity index (χ2v) is 10.00. The topological polar surface area (TPSA) is 0 Å². The first kappa shape index (κ1) is 18.7. The molecule has 0 bridgehead atoms. The van der Waals surface area contributed by atoms with E-state index in [2.05, 4.69) is 110 Å². The number of rotatable bonds is 2. The molecule has 0 atom stereocenters. The van der Waals surface area contributed by atoms with Gasteiger partial charge in [-0.25, -0.2) is 0 Å². The Labute approximate surface area is 158 Å². The van der Waals surface area contributed by atoms with Gasteiger partial charge in [-0.15, -0.1) is 0 Å². The first-order valence-corrected chi connectivity index (χ1v) is 9.65. The van der Waals surface area contributed by atoms with Crippen molar-refractivity contribution in [1.82, 2.24) is 0 Å². The van der Waals surface area contributed by atoms with Gasteiger partial charge in [-0.3, -0.25) is 0 Å². The molecule has 23 heavy (non-hydrogen) atoms. The fourth-order valence-electron chi connectivity index (χ4n) is 2.52. The van der Waals surface area contributed by atoms with Crippen molar-refractivity contribution in [2.45, 2.75) is 58.8 Å². The summed E-state index contributed by atoms with van der Waals surface area (Å²) in [6.07, 6.45) is 0.927. The molecule has 124 valence electrons. The second kappa shape index (κ2) is 6.72. The van der Waals surface area contributed by atoms with Gasteiger partial charge in [0.15, 0.2) is 0 Å². The lowest BCUT2D eigenvalue weighted by Gasteiger charge is -2.21. The van der Waals surface area contributed by atoms with Crippen molar-refractivity contribution >= 4 is 31.9 Å². The molecule has 0 unspecified atom stereocenters. The molecule has 0 heterocycles. The Morgan fingerprint density at radius 1 is 0.652 bits per heavy atom. The summed E-state index contributed by atoms with van der Waals surface area (Å²) >= 11 is 7.51. The van der Waals surface area contributed by atoms with E-state index in [4.69, 9.17) is 0 Å². The van der Waals surface area contributed by atoms with Crippen LogP contribution >= 0.6 is 31.9 Å². The summed E-state index contributed by atoms with van der Waals surface area (Å²) in [6.45, 7) is 13.5. The molecule has 0 amide bonds. The molecule has 0 fully saturated rings. The lowest BCUT2D eigenvalue weighted by molar-refractivity contribution is 0.589. The Bertz CT molecular complexity index is 639. The van der Waals surface area contributed by atoms with Gasteiger partial charge in [0.1, 0.15) is 0 Å². The summed E-state index contributed by atoms with van der Waals surface area (Å²) in [4.78, 5) is 0. The molecule has 0 saturated carbocycles. The van der Waals surface area contributed by atoms with E-state index in [1.54, 1.807) is 0 Å². The van der Waals surface area contributed by atoms with Gasteiger partial charge in [0.05, 0.1) is 0 Å². The summed E-state index contributed by atoms with van der Waals surface area (Å²) < 4.78 is 2.38. The van der Waals surface area contributed by atoms with Crippen LogP contribution in [0.2, 0.25) is 0 Å². The van der Waals surface area contributed by atoms with Gasteiger partial charge in [0.2, 0.25) is 0 Å². The van der Waals surface area contributed by atoms with Gasteiger partial charge in [-0.05, 0) is 51.6 Å². The summed E-state index contributed by atoms with van der Waals surface area (Å²) in [6, 6.07) is 13.5. The molecule has 2 rings (SSSR count). The highest BCUT2D eigenvalue weighted by atomic mass is 79.9. The molecular formula is C21H26Br2. The summed E-state index contributed by atoms with van der Waals surface area (Å²) in [5.41, 5.74) is 5.71. The highest BCUT2D eigenvalue weighted by Crippen LogP contribution is 2.32. The molecule has 0 spiro atoms. The third-order valence-electron chi connectivity index (χ3n) is 4.22. The van der Waals surface area contributed by atoms with Crippen LogP contribution in [0.3, 0.4) is 0 Å². The first-order valence-electron chi connectivity index (χ1n) is 8.06. The zero-order chi connectivity index (χ0) is 17.4. The molecule has 2 heteroatoms. The SMILES string of the molecule is CC(C)(C)c1ccc(Cc2ccc(C(C)(C)C)cc2Br)c(Br)c1. The highest BCUT2D eigenvalue weighted by molar-refractivity contribution is 9.10. The molecule has 0 saturated heterocycles. The van der Waals surface area contributed by atoms with Crippen molar-refractivity contribution in [3.05, 3.63) is 67.6 Å². The smallest absolute Gasteiger partial charge is 0.0213 e. The minimum atomic E-state index is 0.177. The van der Waals surface area contributed by atoms with Gasteiger partial charge in [0, 0.05) is 8.95 Å². The normalized spacial score (nSPS) is 12.5. The molecule has 0 aliphatic heterocycles. The largest absolute Gasteiger partial charge is 0.0581 e. The molecule has 0 nitrogen and oxygen atoms in total. The first-order chi connectivity index (χ1) is 10.5. The van der Waals surface area contributed by atoms with E-state index in [1.807, 2.05) is 0 Å². The van der Waals surface area contributed by atoms with Crippen molar-refractivity contribution < 1.29 is 0 Å². The molecule has 0 aliphatic carbocycles. The van der Waals surface area contributed by atoms with Crippen LogP contribution in [-0.2, 0) is 17.3 Å². The van der Waals surface area contributed by atoms with Crippen molar-refractivity contribution in [2.75, 3.05) is 0 Å². The molecule has 0 aromatic heterocycles. The zero-order valence-electron chi connectivity index (χ0n) is 14.9. The van der Waals surface area contributed by atoms with E-state index >= 15 is 0 Å². The quantitative estimate of drug-likeness (QED) is 0.459. The van der Waals surface area contributed by atoms with E-state index in [9.17, 15) is 0 Å². The standard InChI is InChI=1S/C21H26Br2/c1-20(2,3)16-9-7-14(18(22)12-16)11-15-8-10-17(13-19(15)23)21(4,5)6/h7-10,12-13H,11H2,1-6H3. The van der Waals surface area contributed by atoms with Crippen LogP contribution in [0.1, 0.15) is 63.8 Å². The summed E-state index contributed by atoms with van der Waals surface area (Å²) in [5.74, 6) is 0. The molecule has 0 aliphatic rings. The van der Waals surface area contributed by atoms with Gasteiger partial charge in [0.25, 0.3) is 0 Å². The zero-order valence-corrected chi connectivity index (χ0v) is 18.1. The van der Waals surface area contributed by atoms with E-state index in [1.165, 1.54) is 31.2 Å². The van der Waals surface area contributed by atoms with Gasteiger partial charge < -0.3 is 0 Å². The monoisotopic (exact) mass is 436 g/mol. The molecule has 2 aromatic carbocycles. The van der Waals surface area contributed by atoms with Crippen LogP contribution < -0.4 is 0 Å². The highest BCUT2D eigenvalue weighted by Gasteiger charge is 2.17. The molecule has 0 N–H and O–H groups in total. The van der Waals surface area contributed by atoms with Crippen molar-refractivity contribution in [1.29, 1.82) is 0 Å². The van der Waals surface area contributed by atoms with E-state index in [0.29, 0.717) is 0 Å². The fourth-order valence-corrected chi connectivity index (χ4v) is 3.56. The maximum Gasteiger partial charge on any atom is 0.0213 e. The molecule has 0 radical (unpaired) electrons. The predicted molar refractivity (Wildman–Crippen MR) is 108 cm³/mol. The number of hydrogen-bond donors (Lipinski definition) is 0. The minimum Gasteiger partial charge on any atom is -0.0581 e. The molecule has 2 aromatic rings. The summed E-state index contributed by atoms with van der Waals surface area (Å²) in [5, 5.41) is 0. The Morgan fingerprint density at radius 2 is 1.00 bits per heavy atom.